The fourth-order valence-corrected chi connectivity index (χ4v) is 12.1. The van der Waals surface area contributed by atoms with Gasteiger partial charge >= 0.3 is 0 Å². The van der Waals surface area contributed by atoms with Crippen LogP contribution >= 0.6 is 0 Å². The molecule has 1 spiro atoms. The predicted molar refractivity (Wildman–Crippen MR) is 222 cm³/mol. The van der Waals surface area contributed by atoms with Gasteiger partial charge in [-0.25, -0.2) is 0 Å². The second-order valence-corrected chi connectivity index (χ2v) is 16.6. The summed E-state index contributed by atoms with van der Waals surface area (Å²) in [6.45, 7) is 0. The van der Waals surface area contributed by atoms with Crippen molar-refractivity contribution in [2.45, 2.75) is 37.5 Å². The summed E-state index contributed by atoms with van der Waals surface area (Å²) in [5.74, 6) is 3.43. The van der Waals surface area contributed by atoms with Gasteiger partial charge in [0.1, 0.15) is 0 Å². The first-order valence-electron chi connectivity index (χ1n) is 19.8. The SMILES string of the molecule is c1ccc2c(c1)-c1ccc(-c3ccc(N(c4ccc5c(ccc6ccccc65)c4)c4cccc5ccccc45)cc3)cc1C21C2CC3CC(C2)CC1C3. The molecule has 0 aliphatic heterocycles. The van der Waals surface area contributed by atoms with E-state index in [2.05, 4.69) is 169 Å². The van der Waals surface area contributed by atoms with Crippen molar-refractivity contribution in [1.82, 2.24) is 0 Å². The smallest absolute Gasteiger partial charge is 0.0540 e. The molecular weight excluding hydrogens is 639 g/mol. The van der Waals surface area contributed by atoms with Crippen molar-refractivity contribution in [3.63, 3.8) is 0 Å². The Balaban J connectivity index is 0.984. The third-order valence-corrected chi connectivity index (χ3v) is 14.0. The monoisotopic (exact) mass is 679 g/mol. The first-order chi connectivity index (χ1) is 26.2. The lowest BCUT2D eigenvalue weighted by molar-refractivity contribution is -0.0399. The number of fused-ring (bicyclic) bond motifs is 7. The summed E-state index contributed by atoms with van der Waals surface area (Å²) in [5, 5.41) is 7.61. The minimum absolute atomic E-state index is 0.182. The van der Waals surface area contributed by atoms with Gasteiger partial charge in [0.25, 0.3) is 0 Å². The second-order valence-electron chi connectivity index (χ2n) is 16.6. The first kappa shape index (κ1) is 29.9. The van der Waals surface area contributed by atoms with Gasteiger partial charge < -0.3 is 4.90 Å². The molecule has 4 saturated carbocycles. The van der Waals surface area contributed by atoms with Gasteiger partial charge in [-0.05, 0) is 152 Å². The van der Waals surface area contributed by atoms with E-state index in [1.807, 2.05) is 0 Å². The number of benzene rings is 8. The Morgan fingerprint density at radius 1 is 0.396 bits per heavy atom. The van der Waals surface area contributed by atoms with E-state index in [1.54, 1.807) is 11.1 Å². The molecule has 5 aliphatic carbocycles. The van der Waals surface area contributed by atoms with Crippen molar-refractivity contribution >= 4 is 49.4 Å². The van der Waals surface area contributed by atoms with E-state index >= 15 is 0 Å². The Kier molecular flexibility index (Phi) is 6.30. The average molecular weight is 680 g/mol. The highest BCUT2D eigenvalue weighted by Crippen LogP contribution is 2.69. The highest BCUT2D eigenvalue weighted by atomic mass is 15.1. The molecule has 8 aromatic carbocycles. The van der Waals surface area contributed by atoms with Crippen molar-refractivity contribution in [3.8, 4) is 22.3 Å². The molecule has 0 aromatic heterocycles. The molecule has 1 heteroatoms. The molecule has 5 aliphatic rings. The number of rotatable bonds is 4. The summed E-state index contributed by atoms with van der Waals surface area (Å²) < 4.78 is 0. The van der Waals surface area contributed by atoms with Gasteiger partial charge in [-0.1, -0.05) is 127 Å². The summed E-state index contributed by atoms with van der Waals surface area (Å²) in [6.07, 6.45) is 7.13. The van der Waals surface area contributed by atoms with Gasteiger partial charge in [0.05, 0.1) is 5.69 Å². The maximum absolute atomic E-state index is 2.61. The Hall–Kier alpha value is -5.66. The molecule has 8 aromatic rings. The van der Waals surface area contributed by atoms with Crippen LogP contribution in [0, 0.1) is 23.7 Å². The van der Waals surface area contributed by atoms with E-state index in [0.29, 0.717) is 0 Å². The Morgan fingerprint density at radius 2 is 1.00 bits per heavy atom. The van der Waals surface area contributed by atoms with E-state index in [-0.39, 0.29) is 5.41 Å². The second kappa shape index (κ2) is 11.2. The Bertz CT molecular complexity index is 2720. The van der Waals surface area contributed by atoms with E-state index in [1.165, 1.54) is 92.4 Å². The molecular formula is C52H41N. The maximum atomic E-state index is 2.61. The fourth-order valence-electron chi connectivity index (χ4n) is 12.1. The largest absolute Gasteiger partial charge is 0.310 e. The molecule has 0 radical (unpaired) electrons. The number of anilines is 3. The molecule has 0 heterocycles. The zero-order valence-corrected chi connectivity index (χ0v) is 29.9. The molecule has 0 atom stereocenters. The normalized spacial score (nSPS) is 23.5. The first-order valence-corrected chi connectivity index (χ1v) is 19.8. The molecule has 4 fully saturated rings. The average Bonchev–Trinajstić information content (AvgIpc) is 3.50. The van der Waals surface area contributed by atoms with E-state index < -0.39 is 0 Å². The van der Waals surface area contributed by atoms with Crippen LogP contribution in [0.5, 0.6) is 0 Å². The zero-order valence-electron chi connectivity index (χ0n) is 29.9. The number of nitrogens with zero attached hydrogens (tertiary/aromatic N) is 1. The Labute approximate surface area is 311 Å². The topological polar surface area (TPSA) is 3.24 Å². The van der Waals surface area contributed by atoms with E-state index in [9.17, 15) is 0 Å². The summed E-state index contributed by atoms with van der Waals surface area (Å²) >= 11 is 0. The zero-order chi connectivity index (χ0) is 34.7. The van der Waals surface area contributed by atoms with Crippen LogP contribution < -0.4 is 4.90 Å². The quantitative estimate of drug-likeness (QED) is 0.167. The van der Waals surface area contributed by atoms with Crippen LogP contribution in [0.3, 0.4) is 0 Å². The third-order valence-electron chi connectivity index (χ3n) is 14.0. The maximum Gasteiger partial charge on any atom is 0.0540 e. The predicted octanol–water partition coefficient (Wildman–Crippen LogP) is 14.0. The van der Waals surface area contributed by atoms with Gasteiger partial charge in [0.2, 0.25) is 0 Å². The van der Waals surface area contributed by atoms with Crippen LogP contribution in [0.15, 0.2) is 164 Å². The highest BCUT2D eigenvalue weighted by Gasteiger charge is 2.61. The molecule has 0 saturated heterocycles. The lowest BCUT2D eigenvalue weighted by atomic mass is 9.43. The lowest BCUT2D eigenvalue weighted by Gasteiger charge is -2.61. The third kappa shape index (κ3) is 4.25. The highest BCUT2D eigenvalue weighted by molar-refractivity contribution is 6.09. The molecule has 4 bridgehead atoms. The van der Waals surface area contributed by atoms with Crippen LogP contribution in [0.1, 0.15) is 43.2 Å². The molecule has 1 nitrogen and oxygen atoms in total. The minimum Gasteiger partial charge on any atom is -0.310 e. The van der Waals surface area contributed by atoms with Gasteiger partial charge in [-0.15, -0.1) is 0 Å². The lowest BCUT2D eigenvalue weighted by Crippen LogP contribution is -2.55. The van der Waals surface area contributed by atoms with Crippen LogP contribution in [0.25, 0.3) is 54.6 Å². The molecule has 13 rings (SSSR count). The van der Waals surface area contributed by atoms with Crippen molar-refractivity contribution in [3.05, 3.63) is 175 Å². The molecule has 53 heavy (non-hydrogen) atoms. The molecule has 0 amide bonds. The Morgan fingerprint density at radius 3 is 1.81 bits per heavy atom. The van der Waals surface area contributed by atoms with Crippen LogP contribution in [-0.2, 0) is 5.41 Å². The molecule has 254 valence electrons. The van der Waals surface area contributed by atoms with Crippen molar-refractivity contribution in [1.29, 1.82) is 0 Å². The summed E-state index contributed by atoms with van der Waals surface area (Å²) in [4.78, 5) is 2.45. The van der Waals surface area contributed by atoms with Crippen LogP contribution in [0.4, 0.5) is 17.1 Å². The van der Waals surface area contributed by atoms with Gasteiger partial charge in [0, 0.05) is 22.2 Å². The number of hydrogen-bond donors (Lipinski definition) is 0. The van der Waals surface area contributed by atoms with Crippen LogP contribution in [0.2, 0.25) is 0 Å². The van der Waals surface area contributed by atoms with Gasteiger partial charge in [-0.3, -0.25) is 0 Å². The summed E-state index contributed by atoms with van der Waals surface area (Å²) in [7, 11) is 0. The van der Waals surface area contributed by atoms with Crippen LogP contribution in [-0.4, -0.2) is 0 Å². The molecule has 0 N–H and O–H groups in total. The van der Waals surface area contributed by atoms with Crippen molar-refractivity contribution in [2.75, 3.05) is 4.90 Å². The summed E-state index contributed by atoms with van der Waals surface area (Å²) in [5.41, 5.74) is 12.6. The number of hydrogen-bond acceptors (Lipinski definition) is 1. The van der Waals surface area contributed by atoms with Gasteiger partial charge in [-0.2, -0.15) is 0 Å². The van der Waals surface area contributed by atoms with E-state index in [4.69, 9.17) is 0 Å². The minimum atomic E-state index is 0.182. The fraction of sp³-hybridized carbons (Fsp3) is 0.192. The van der Waals surface area contributed by atoms with Crippen molar-refractivity contribution in [2.24, 2.45) is 23.7 Å². The summed E-state index contributed by atoms with van der Waals surface area (Å²) in [6, 6.07) is 61.9. The van der Waals surface area contributed by atoms with Gasteiger partial charge in [0.15, 0.2) is 0 Å². The van der Waals surface area contributed by atoms with E-state index in [0.717, 1.165) is 35.0 Å². The molecule has 0 unspecified atom stereocenters. The van der Waals surface area contributed by atoms with Crippen molar-refractivity contribution < 1.29 is 0 Å². The standard InChI is InChI=1S/C52H41N/c1-3-11-44-37(9-1)16-17-39-31-43(23-25-45(39)44)53(51-15-7-10-36-8-2-4-12-46(36)51)42-21-18-35(19-22-42)38-20-24-48-47-13-5-6-14-49(47)52(50(48)32-38)40-27-33-26-34(29-40)30-41(52)28-33/h1-25,31-34,40-41H,26-30H2.